The minimum absolute atomic E-state index is 0.446. The van der Waals surface area contributed by atoms with Crippen LogP contribution < -0.4 is 10.6 Å². The number of anilines is 1. The molecule has 3 N–H and O–H groups in total. The van der Waals surface area contributed by atoms with E-state index in [0.29, 0.717) is 24.6 Å². The quantitative estimate of drug-likeness (QED) is 0.601. The standard InChI is InChI=1S/C15H18N6O2/c1-10-19-20-14-13(16-8-4-5-9-17-15(22)23)18-11-6-2-3-7-12(11)21(10)14/h2-3,6-7,17H,4-5,8-9H2,1H3,(H,16,18)(H,22,23). The summed E-state index contributed by atoms with van der Waals surface area (Å²) in [5.41, 5.74) is 2.55. The summed E-state index contributed by atoms with van der Waals surface area (Å²) < 4.78 is 1.98. The van der Waals surface area contributed by atoms with Crippen molar-refractivity contribution < 1.29 is 9.90 Å². The van der Waals surface area contributed by atoms with E-state index in [2.05, 4.69) is 25.8 Å². The molecule has 23 heavy (non-hydrogen) atoms. The Morgan fingerprint density at radius 2 is 2.00 bits per heavy atom. The van der Waals surface area contributed by atoms with Gasteiger partial charge in [0.2, 0.25) is 5.65 Å². The van der Waals surface area contributed by atoms with Gasteiger partial charge in [0.1, 0.15) is 5.82 Å². The highest BCUT2D eigenvalue weighted by Gasteiger charge is 2.12. The summed E-state index contributed by atoms with van der Waals surface area (Å²) in [5, 5.41) is 22.5. The molecule has 0 unspecified atom stereocenters. The molecule has 0 saturated carbocycles. The number of carbonyl (C=O) groups is 1. The van der Waals surface area contributed by atoms with E-state index in [9.17, 15) is 4.79 Å². The lowest BCUT2D eigenvalue weighted by molar-refractivity contribution is 0.194. The van der Waals surface area contributed by atoms with Gasteiger partial charge in [0.05, 0.1) is 11.0 Å². The summed E-state index contributed by atoms with van der Waals surface area (Å²) in [5.74, 6) is 1.50. The number of hydrogen-bond acceptors (Lipinski definition) is 5. The number of para-hydroxylation sites is 2. The van der Waals surface area contributed by atoms with Crippen LogP contribution in [0.5, 0.6) is 0 Å². The molecule has 0 radical (unpaired) electrons. The van der Waals surface area contributed by atoms with Crippen molar-refractivity contribution in [2.24, 2.45) is 0 Å². The van der Waals surface area contributed by atoms with Gasteiger partial charge >= 0.3 is 6.09 Å². The van der Waals surface area contributed by atoms with Crippen LogP contribution >= 0.6 is 0 Å². The van der Waals surface area contributed by atoms with Gasteiger partial charge in [-0.15, -0.1) is 10.2 Å². The molecule has 120 valence electrons. The maximum atomic E-state index is 10.4. The van der Waals surface area contributed by atoms with E-state index in [1.54, 1.807) is 0 Å². The summed E-state index contributed by atoms with van der Waals surface area (Å²) >= 11 is 0. The van der Waals surface area contributed by atoms with Crippen LogP contribution in [0.25, 0.3) is 16.7 Å². The zero-order valence-electron chi connectivity index (χ0n) is 12.8. The second-order valence-corrected chi connectivity index (χ2v) is 5.22. The predicted octanol–water partition coefficient (Wildman–Crippen LogP) is 2.05. The molecule has 8 heteroatoms. The second-order valence-electron chi connectivity index (χ2n) is 5.22. The first-order chi connectivity index (χ1) is 11.2. The van der Waals surface area contributed by atoms with Gasteiger partial charge in [-0.2, -0.15) is 0 Å². The lowest BCUT2D eigenvalue weighted by Gasteiger charge is -2.09. The lowest BCUT2D eigenvalue weighted by Crippen LogP contribution is -2.22. The normalized spacial score (nSPS) is 11.0. The summed E-state index contributed by atoms with van der Waals surface area (Å²) in [6.45, 7) is 3.05. The average Bonchev–Trinajstić information content (AvgIpc) is 2.93. The largest absolute Gasteiger partial charge is 0.465 e. The van der Waals surface area contributed by atoms with Gasteiger partial charge in [-0.1, -0.05) is 12.1 Å². The van der Waals surface area contributed by atoms with Crippen LogP contribution in [-0.2, 0) is 0 Å². The van der Waals surface area contributed by atoms with E-state index in [0.717, 1.165) is 29.7 Å². The van der Waals surface area contributed by atoms with Crippen molar-refractivity contribution in [3.8, 4) is 0 Å². The van der Waals surface area contributed by atoms with E-state index >= 15 is 0 Å². The summed E-state index contributed by atoms with van der Waals surface area (Å²) in [7, 11) is 0. The number of nitrogens with one attached hydrogen (secondary N) is 2. The molecule has 0 spiro atoms. The smallest absolute Gasteiger partial charge is 0.404 e. The number of carboxylic acid groups (broad SMARTS) is 1. The van der Waals surface area contributed by atoms with Crippen LogP contribution in [0.15, 0.2) is 24.3 Å². The fraction of sp³-hybridized carbons (Fsp3) is 0.333. The molecule has 8 nitrogen and oxygen atoms in total. The Hall–Kier alpha value is -2.90. The number of fused-ring (bicyclic) bond motifs is 3. The first-order valence-electron chi connectivity index (χ1n) is 7.48. The van der Waals surface area contributed by atoms with Crippen molar-refractivity contribution >= 4 is 28.6 Å². The van der Waals surface area contributed by atoms with E-state index in [1.807, 2.05) is 35.6 Å². The van der Waals surface area contributed by atoms with Gasteiger partial charge in [-0.25, -0.2) is 9.78 Å². The van der Waals surface area contributed by atoms with Crippen molar-refractivity contribution in [2.75, 3.05) is 18.4 Å². The SMILES string of the molecule is Cc1nnc2c(NCCCCNC(=O)O)nc3ccccc3n12. The van der Waals surface area contributed by atoms with Crippen molar-refractivity contribution in [3.05, 3.63) is 30.1 Å². The molecule has 0 fully saturated rings. The van der Waals surface area contributed by atoms with Crippen LogP contribution in [0.4, 0.5) is 10.6 Å². The summed E-state index contributed by atoms with van der Waals surface area (Å²) in [6.07, 6.45) is 0.595. The topological polar surface area (TPSA) is 104 Å². The summed E-state index contributed by atoms with van der Waals surface area (Å²) in [6, 6.07) is 7.86. The molecule has 3 rings (SSSR count). The third-order valence-electron chi connectivity index (χ3n) is 3.56. The Morgan fingerprint density at radius 3 is 2.83 bits per heavy atom. The molecule has 1 aromatic carbocycles. The number of unbranched alkanes of at least 4 members (excludes halogenated alkanes) is 1. The van der Waals surface area contributed by atoms with Gasteiger partial charge in [-0.3, -0.25) is 4.40 Å². The van der Waals surface area contributed by atoms with Gasteiger partial charge in [-0.05, 0) is 31.9 Å². The Labute approximate surface area is 132 Å². The number of aryl methyl sites for hydroxylation is 1. The molecule has 3 aromatic rings. The molecule has 0 aliphatic carbocycles. The van der Waals surface area contributed by atoms with Crippen LogP contribution in [0.1, 0.15) is 18.7 Å². The Morgan fingerprint density at radius 1 is 1.22 bits per heavy atom. The Bertz CT molecular complexity index is 844. The van der Waals surface area contributed by atoms with Crippen LogP contribution in [0, 0.1) is 6.92 Å². The van der Waals surface area contributed by atoms with Gasteiger partial charge in [0.15, 0.2) is 5.82 Å². The van der Waals surface area contributed by atoms with Gasteiger partial charge in [0, 0.05) is 13.1 Å². The fourth-order valence-corrected chi connectivity index (χ4v) is 2.49. The molecular formula is C15H18N6O2. The maximum absolute atomic E-state index is 10.4. The van der Waals surface area contributed by atoms with E-state index in [1.165, 1.54) is 0 Å². The first kappa shape index (κ1) is 15.0. The van der Waals surface area contributed by atoms with Crippen molar-refractivity contribution in [1.82, 2.24) is 24.9 Å². The summed E-state index contributed by atoms with van der Waals surface area (Å²) in [4.78, 5) is 15.0. The minimum atomic E-state index is -0.991. The number of benzene rings is 1. The highest BCUT2D eigenvalue weighted by molar-refractivity contribution is 5.82. The third kappa shape index (κ3) is 3.15. The van der Waals surface area contributed by atoms with Crippen molar-refractivity contribution in [3.63, 3.8) is 0 Å². The molecule has 0 aliphatic rings. The second kappa shape index (κ2) is 6.47. The highest BCUT2D eigenvalue weighted by atomic mass is 16.4. The third-order valence-corrected chi connectivity index (χ3v) is 3.56. The fourth-order valence-electron chi connectivity index (χ4n) is 2.49. The van der Waals surface area contributed by atoms with E-state index in [-0.39, 0.29) is 0 Å². The molecule has 0 saturated heterocycles. The highest BCUT2D eigenvalue weighted by Crippen LogP contribution is 2.21. The first-order valence-corrected chi connectivity index (χ1v) is 7.48. The minimum Gasteiger partial charge on any atom is -0.465 e. The zero-order chi connectivity index (χ0) is 16.2. The zero-order valence-corrected chi connectivity index (χ0v) is 12.8. The molecule has 0 aliphatic heterocycles. The maximum Gasteiger partial charge on any atom is 0.404 e. The van der Waals surface area contributed by atoms with Gasteiger partial charge in [0.25, 0.3) is 0 Å². The van der Waals surface area contributed by atoms with Crippen LogP contribution in [-0.4, -0.2) is 43.9 Å². The molecule has 0 atom stereocenters. The number of hydrogen-bond donors (Lipinski definition) is 3. The molecule has 1 amide bonds. The number of amides is 1. The Kier molecular flexibility index (Phi) is 4.22. The van der Waals surface area contributed by atoms with Crippen molar-refractivity contribution in [1.29, 1.82) is 0 Å². The van der Waals surface area contributed by atoms with Crippen molar-refractivity contribution in [2.45, 2.75) is 19.8 Å². The monoisotopic (exact) mass is 314 g/mol. The van der Waals surface area contributed by atoms with Crippen LogP contribution in [0.2, 0.25) is 0 Å². The van der Waals surface area contributed by atoms with E-state index < -0.39 is 6.09 Å². The number of aromatic nitrogens is 4. The molecular weight excluding hydrogens is 296 g/mol. The van der Waals surface area contributed by atoms with Gasteiger partial charge < -0.3 is 15.7 Å². The lowest BCUT2D eigenvalue weighted by atomic mass is 10.3. The number of rotatable bonds is 6. The van der Waals surface area contributed by atoms with E-state index in [4.69, 9.17) is 5.11 Å². The predicted molar refractivity (Wildman–Crippen MR) is 86.8 cm³/mol. The van der Waals surface area contributed by atoms with Crippen LogP contribution in [0.3, 0.4) is 0 Å². The average molecular weight is 314 g/mol. The molecule has 2 heterocycles. The molecule has 2 aromatic heterocycles. The Balaban J connectivity index is 1.76. The number of nitrogens with zero attached hydrogens (tertiary/aromatic N) is 4. The molecule has 0 bridgehead atoms.